The molecule has 2 aliphatic rings. The number of ketones is 1. The highest BCUT2D eigenvalue weighted by Crippen LogP contribution is 2.36. The third-order valence-electron chi connectivity index (χ3n) is 11.1. The summed E-state index contributed by atoms with van der Waals surface area (Å²) < 4.78 is 41.3. The fraction of sp³-hybridized carbons (Fsp3) is 0.444. The number of hydrogen-bond donors (Lipinski definition) is 2. The number of nitrogens with zero attached hydrogens (tertiary/aromatic N) is 4. The average Bonchev–Trinajstić information content (AvgIpc) is 3.20. The SMILES string of the molecule is CN(C)c1cccc(OCC(O)CN2CCC(c3cc(F)ccc3C(=O)c3ccc(F)cc3C3CCN(CC(O)COc4cccc(N(C)C)c4)CC3)CC2)c1. The van der Waals surface area contributed by atoms with Gasteiger partial charge in [-0.05, 0) is 135 Å². The summed E-state index contributed by atoms with van der Waals surface area (Å²) in [4.78, 5) is 22.7. The van der Waals surface area contributed by atoms with Crippen molar-refractivity contribution in [1.82, 2.24) is 9.80 Å². The lowest BCUT2D eigenvalue weighted by Gasteiger charge is -2.34. The first kappa shape index (κ1) is 41.1. The van der Waals surface area contributed by atoms with Gasteiger partial charge in [0.05, 0.1) is 0 Å². The number of ether oxygens (including phenoxy) is 2. The monoisotopic (exact) mass is 770 g/mol. The van der Waals surface area contributed by atoms with Crippen molar-refractivity contribution in [3.8, 4) is 11.5 Å². The molecule has 2 fully saturated rings. The van der Waals surface area contributed by atoms with Gasteiger partial charge in [-0.25, -0.2) is 8.78 Å². The molecule has 300 valence electrons. The maximum absolute atomic E-state index is 14.8. The van der Waals surface area contributed by atoms with E-state index in [1.54, 1.807) is 12.1 Å². The lowest BCUT2D eigenvalue weighted by Crippen LogP contribution is -2.40. The van der Waals surface area contributed by atoms with Crippen molar-refractivity contribution >= 4 is 17.2 Å². The molecule has 6 rings (SSSR count). The number of hydrogen-bond acceptors (Lipinski definition) is 9. The van der Waals surface area contributed by atoms with Crippen LogP contribution < -0.4 is 19.3 Å². The molecule has 0 aliphatic carbocycles. The maximum atomic E-state index is 14.8. The zero-order valence-corrected chi connectivity index (χ0v) is 33.0. The van der Waals surface area contributed by atoms with Gasteiger partial charge >= 0.3 is 0 Å². The molecule has 56 heavy (non-hydrogen) atoms. The highest BCUT2D eigenvalue weighted by atomic mass is 19.1. The van der Waals surface area contributed by atoms with E-state index in [4.69, 9.17) is 9.47 Å². The Morgan fingerprint density at radius 2 is 1.04 bits per heavy atom. The van der Waals surface area contributed by atoms with Gasteiger partial charge in [-0.3, -0.25) is 4.79 Å². The van der Waals surface area contributed by atoms with E-state index in [1.165, 1.54) is 24.3 Å². The van der Waals surface area contributed by atoms with Gasteiger partial charge < -0.3 is 39.3 Å². The van der Waals surface area contributed by atoms with E-state index in [0.717, 1.165) is 11.4 Å². The van der Waals surface area contributed by atoms with Gasteiger partial charge in [-0.15, -0.1) is 0 Å². The van der Waals surface area contributed by atoms with Crippen molar-refractivity contribution in [2.24, 2.45) is 0 Å². The Morgan fingerprint density at radius 1 is 0.643 bits per heavy atom. The summed E-state index contributed by atoms with van der Waals surface area (Å²) in [5.74, 6) is 0.303. The van der Waals surface area contributed by atoms with Crippen molar-refractivity contribution < 1.29 is 33.3 Å². The number of likely N-dealkylation sites (tertiary alicyclic amines) is 2. The van der Waals surface area contributed by atoms with Gasteiger partial charge in [0.25, 0.3) is 0 Å². The largest absolute Gasteiger partial charge is 0.491 e. The van der Waals surface area contributed by atoms with Gasteiger partial charge in [0.15, 0.2) is 5.78 Å². The number of benzene rings is 4. The van der Waals surface area contributed by atoms with E-state index in [2.05, 4.69) is 9.80 Å². The summed E-state index contributed by atoms with van der Waals surface area (Å²) in [6, 6.07) is 24.2. The van der Waals surface area contributed by atoms with Gasteiger partial charge in [-0.1, -0.05) is 12.1 Å². The Morgan fingerprint density at radius 3 is 1.41 bits per heavy atom. The molecule has 2 saturated heterocycles. The summed E-state index contributed by atoms with van der Waals surface area (Å²) in [5, 5.41) is 21.5. The summed E-state index contributed by atoms with van der Waals surface area (Å²) >= 11 is 0. The van der Waals surface area contributed by atoms with Crippen LogP contribution in [0.3, 0.4) is 0 Å². The second-order valence-electron chi connectivity index (χ2n) is 15.7. The second kappa shape index (κ2) is 19.1. The molecule has 0 saturated carbocycles. The van der Waals surface area contributed by atoms with E-state index in [-0.39, 0.29) is 30.8 Å². The van der Waals surface area contributed by atoms with E-state index >= 15 is 0 Å². The quantitative estimate of drug-likeness (QED) is 0.123. The minimum absolute atomic E-state index is 0.0393. The highest BCUT2D eigenvalue weighted by molar-refractivity contribution is 6.11. The summed E-state index contributed by atoms with van der Waals surface area (Å²) in [7, 11) is 7.86. The average molecular weight is 771 g/mol. The van der Waals surface area contributed by atoms with Gasteiger partial charge in [-0.2, -0.15) is 0 Å². The van der Waals surface area contributed by atoms with Gasteiger partial charge in [0, 0.05) is 75.9 Å². The Labute approximate surface area is 330 Å². The number of carbonyl (C=O) groups excluding carboxylic acids is 1. The first-order valence-corrected chi connectivity index (χ1v) is 19.7. The number of anilines is 2. The van der Waals surface area contributed by atoms with E-state index in [9.17, 15) is 23.8 Å². The van der Waals surface area contributed by atoms with E-state index < -0.39 is 23.8 Å². The molecule has 9 nitrogen and oxygen atoms in total. The number of rotatable bonds is 16. The van der Waals surface area contributed by atoms with E-state index in [1.807, 2.05) is 86.5 Å². The molecule has 4 aromatic rings. The highest BCUT2D eigenvalue weighted by Gasteiger charge is 2.30. The smallest absolute Gasteiger partial charge is 0.193 e. The molecule has 0 amide bonds. The minimum atomic E-state index is -0.680. The Kier molecular flexibility index (Phi) is 14.0. The normalized spacial score (nSPS) is 17.0. The van der Waals surface area contributed by atoms with Crippen LogP contribution in [0.2, 0.25) is 0 Å². The standard InChI is InChI=1S/C45H56F2N4O5/c1-48(2)35-7-5-9-39(25-35)55-29-37(52)27-50-19-15-31(16-20-50)43-23-33(46)11-13-41(43)45(54)42-14-12-34(47)24-44(42)32-17-21-51(22-18-32)28-38(53)30-56-40-10-6-8-36(26-40)49(3)4/h5-14,23-26,31-32,37-38,52-53H,15-22,27-30H2,1-4H3. The molecule has 0 radical (unpaired) electrons. The molecule has 0 aromatic heterocycles. The third kappa shape index (κ3) is 10.8. The van der Waals surface area contributed by atoms with Crippen LogP contribution in [0.15, 0.2) is 84.9 Å². The molecule has 2 atom stereocenters. The molecule has 2 aliphatic heterocycles. The molecular formula is C45H56F2N4O5. The Balaban J connectivity index is 1.04. The molecule has 11 heteroatoms. The van der Waals surface area contributed by atoms with Crippen LogP contribution in [0.4, 0.5) is 20.2 Å². The maximum Gasteiger partial charge on any atom is 0.193 e. The van der Waals surface area contributed by atoms with Gasteiger partial charge in [0.1, 0.15) is 48.6 Å². The molecule has 4 aromatic carbocycles. The first-order chi connectivity index (χ1) is 26.9. The Bertz CT molecular complexity index is 1770. The topological polar surface area (TPSA) is 89.0 Å². The van der Waals surface area contributed by atoms with Crippen LogP contribution in [0.25, 0.3) is 0 Å². The number of piperidine rings is 2. The van der Waals surface area contributed by atoms with Crippen LogP contribution in [0.1, 0.15) is 64.6 Å². The summed E-state index contributed by atoms with van der Waals surface area (Å²) in [5.41, 5.74) is 4.28. The Hall–Kier alpha value is -4.55. The number of carbonyl (C=O) groups is 1. The van der Waals surface area contributed by atoms with Crippen molar-refractivity contribution in [3.05, 3.63) is 119 Å². The number of aliphatic hydroxyl groups is 2. The van der Waals surface area contributed by atoms with Crippen molar-refractivity contribution in [1.29, 1.82) is 0 Å². The first-order valence-electron chi connectivity index (χ1n) is 19.7. The predicted octanol–water partition coefficient (Wildman–Crippen LogP) is 6.57. The molecule has 2 N–H and O–H groups in total. The van der Waals surface area contributed by atoms with Crippen LogP contribution in [0.5, 0.6) is 11.5 Å². The number of aliphatic hydroxyl groups excluding tert-OH is 2. The fourth-order valence-corrected chi connectivity index (χ4v) is 7.94. The third-order valence-corrected chi connectivity index (χ3v) is 11.1. The lowest BCUT2D eigenvalue weighted by molar-refractivity contribution is 0.0594. The molecule has 0 bridgehead atoms. The summed E-state index contributed by atoms with van der Waals surface area (Å²) in [6.45, 7) is 3.99. The second-order valence-corrected chi connectivity index (χ2v) is 15.7. The minimum Gasteiger partial charge on any atom is -0.491 e. The van der Waals surface area contributed by atoms with Crippen LogP contribution in [-0.2, 0) is 0 Å². The lowest BCUT2D eigenvalue weighted by atomic mass is 9.81. The molecular weight excluding hydrogens is 715 g/mol. The van der Waals surface area contributed by atoms with Crippen molar-refractivity contribution in [2.45, 2.75) is 49.7 Å². The molecule has 0 spiro atoms. The van der Waals surface area contributed by atoms with Crippen LogP contribution in [0, 0.1) is 11.6 Å². The predicted molar refractivity (Wildman–Crippen MR) is 218 cm³/mol. The van der Waals surface area contributed by atoms with Crippen molar-refractivity contribution in [3.63, 3.8) is 0 Å². The fourth-order valence-electron chi connectivity index (χ4n) is 7.94. The molecule has 2 unspecified atom stereocenters. The molecule has 2 heterocycles. The van der Waals surface area contributed by atoms with E-state index in [0.29, 0.717) is 98.7 Å². The van der Waals surface area contributed by atoms with Gasteiger partial charge in [0.2, 0.25) is 0 Å². The number of β-amino-alcohol motifs (C(OH)–C–C–N with tert-alkyl or cyclic N) is 2. The van der Waals surface area contributed by atoms with Crippen LogP contribution in [-0.4, -0.2) is 119 Å². The van der Waals surface area contributed by atoms with Crippen molar-refractivity contribution in [2.75, 3.05) is 90.5 Å². The number of halogens is 2. The summed E-state index contributed by atoms with van der Waals surface area (Å²) in [6.07, 6.45) is 1.46. The van der Waals surface area contributed by atoms with Crippen LogP contribution >= 0.6 is 0 Å². The zero-order chi connectivity index (χ0) is 39.8. The zero-order valence-electron chi connectivity index (χ0n) is 33.0.